The minimum atomic E-state index is -0.350. The Bertz CT molecular complexity index is 848. The number of nitrogens with zero attached hydrogens (tertiary/aromatic N) is 1. The summed E-state index contributed by atoms with van der Waals surface area (Å²) in [5.74, 6) is -0.315. The van der Waals surface area contributed by atoms with E-state index < -0.39 is 0 Å². The first-order valence-electron chi connectivity index (χ1n) is 10.8. The Kier molecular flexibility index (Phi) is 8.03. The van der Waals surface area contributed by atoms with Crippen LogP contribution in [-0.2, 0) is 29.0 Å². The van der Waals surface area contributed by atoms with E-state index in [1.165, 1.54) is 37.5 Å². The number of hydrogen-bond donors (Lipinski definition) is 1. The molecule has 1 aliphatic heterocycles. The molecule has 1 unspecified atom stereocenters. The highest BCUT2D eigenvalue weighted by Gasteiger charge is 2.19. The summed E-state index contributed by atoms with van der Waals surface area (Å²) in [5, 5.41) is 3.07. The number of hydrogen-bond acceptors (Lipinski definition) is 4. The SMILES string of the molecule is COC(=O)c1ccc(CCC(=O)NCc2ccccc2CN2CCCCC2C)cc1. The van der Waals surface area contributed by atoms with Crippen molar-refractivity contribution in [2.24, 2.45) is 0 Å². The molecule has 5 nitrogen and oxygen atoms in total. The molecule has 30 heavy (non-hydrogen) atoms. The van der Waals surface area contributed by atoms with Crippen LogP contribution in [0.5, 0.6) is 0 Å². The van der Waals surface area contributed by atoms with E-state index in [0.29, 0.717) is 31.0 Å². The predicted molar refractivity (Wildman–Crippen MR) is 118 cm³/mol. The Labute approximate surface area is 179 Å². The number of nitrogens with one attached hydrogen (secondary N) is 1. The van der Waals surface area contributed by atoms with Gasteiger partial charge in [-0.2, -0.15) is 0 Å². The molecule has 1 fully saturated rings. The van der Waals surface area contributed by atoms with Crippen LogP contribution < -0.4 is 5.32 Å². The molecule has 5 heteroatoms. The number of methoxy groups -OCH3 is 1. The Morgan fingerprint density at radius 3 is 2.50 bits per heavy atom. The van der Waals surface area contributed by atoms with E-state index in [1.54, 1.807) is 12.1 Å². The van der Waals surface area contributed by atoms with E-state index in [1.807, 2.05) is 18.2 Å². The van der Waals surface area contributed by atoms with Crippen molar-refractivity contribution < 1.29 is 14.3 Å². The second kappa shape index (κ2) is 10.9. The van der Waals surface area contributed by atoms with Crippen LogP contribution in [0.15, 0.2) is 48.5 Å². The van der Waals surface area contributed by atoms with Gasteiger partial charge >= 0.3 is 5.97 Å². The van der Waals surface area contributed by atoms with Gasteiger partial charge in [-0.25, -0.2) is 4.79 Å². The first-order chi connectivity index (χ1) is 14.6. The highest BCUT2D eigenvalue weighted by atomic mass is 16.5. The molecule has 0 radical (unpaired) electrons. The average molecular weight is 409 g/mol. The zero-order valence-corrected chi connectivity index (χ0v) is 18.0. The fraction of sp³-hybridized carbons (Fsp3) is 0.440. The van der Waals surface area contributed by atoms with Gasteiger partial charge in [-0.15, -0.1) is 0 Å². The number of aryl methyl sites for hydroxylation is 1. The molecule has 0 aliphatic carbocycles. The molecule has 1 atom stereocenters. The van der Waals surface area contributed by atoms with Crippen molar-refractivity contribution in [1.29, 1.82) is 0 Å². The second-order valence-corrected chi connectivity index (χ2v) is 8.05. The van der Waals surface area contributed by atoms with Crippen molar-refractivity contribution in [2.75, 3.05) is 13.7 Å². The van der Waals surface area contributed by atoms with Gasteiger partial charge in [0.2, 0.25) is 5.91 Å². The Hall–Kier alpha value is -2.66. The van der Waals surface area contributed by atoms with E-state index in [-0.39, 0.29) is 11.9 Å². The van der Waals surface area contributed by atoms with Gasteiger partial charge in [0.25, 0.3) is 0 Å². The highest BCUT2D eigenvalue weighted by molar-refractivity contribution is 5.89. The van der Waals surface area contributed by atoms with Crippen molar-refractivity contribution in [3.63, 3.8) is 0 Å². The zero-order chi connectivity index (χ0) is 21.3. The number of piperidine rings is 1. The largest absolute Gasteiger partial charge is 0.465 e. The van der Waals surface area contributed by atoms with Crippen LogP contribution in [-0.4, -0.2) is 36.5 Å². The van der Waals surface area contributed by atoms with Crippen LogP contribution in [0.2, 0.25) is 0 Å². The maximum Gasteiger partial charge on any atom is 0.337 e. The monoisotopic (exact) mass is 408 g/mol. The third kappa shape index (κ3) is 6.17. The van der Waals surface area contributed by atoms with Gasteiger partial charge in [0.15, 0.2) is 0 Å². The molecule has 2 aromatic carbocycles. The van der Waals surface area contributed by atoms with Crippen molar-refractivity contribution in [1.82, 2.24) is 10.2 Å². The van der Waals surface area contributed by atoms with Crippen molar-refractivity contribution in [2.45, 2.75) is 58.2 Å². The van der Waals surface area contributed by atoms with Crippen molar-refractivity contribution in [3.05, 3.63) is 70.8 Å². The molecule has 1 aliphatic rings. The lowest BCUT2D eigenvalue weighted by molar-refractivity contribution is -0.121. The van der Waals surface area contributed by atoms with E-state index >= 15 is 0 Å². The van der Waals surface area contributed by atoms with E-state index in [9.17, 15) is 9.59 Å². The van der Waals surface area contributed by atoms with Crippen molar-refractivity contribution >= 4 is 11.9 Å². The summed E-state index contributed by atoms with van der Waals surface area (Å²) in [4.78, 5) is 26.4. The third-order valence-electron chi connectivity index (χ3n) is 5.92. The lowest BCUT2D eigenvalue weighted by Crippen LogP contribution is -2.37. The van der Waals surface area contributed by atoms with Crippen LogP contribution in [0.3, 0.4) is 0 Å². The standard InChI is InChI=1S/C25H32N2O3/c1-19-7-5-6-16-27(19)18-23-9-4-3-8-22(23)17-26-24(28)15-12-20-10-13-21(14-11-20)25(29)30-2/h3-4,8-11,13-14,19H,5-7,12,15-18H2,1-2H3,(H,26,28). The maximum absolute atomic E-state index is 12.4. The summed E-state index contributed by atoms with van der Waals surface area (Å²) >= 11 is 0. The first kappa shape index (κ1) is 22.0. The van der Waals surface area contributed by atoms with E-state index in [4.69, 9.17) is 4.74 Å². The van der Waals surface area contributed by atoms with Gasteiger partial charge in [-0.1, -0.05) is 42.8 Å². The molecule has 1 amide bonds. The molecule has 3 rings (SSSR count). The van der Waals surface area contributed by atoms with Gasteiger partial charge in [-0.05, 0) is 61.6 Å². The molecule has 1 N–H and O–H groups in total. The van der Waals surface area contributed by atoms with Crippen molar-refractivity contribution in [3.8, 4) is 0 Å². The predicted octanol–water partition coefficient (Wildman–Crippen LogP) is 4.10. The molecule has 1 heterocycles. The van der Waals surface area contributed by atoms with Gasteiger partial charge in [-0.3, -0.25) is 9.69 Å². The van der Waals surface area contributed by atoms with Crippen LogP contribution >= 0.6 is 0 Å². The molecule has 0 spiro atoms. The topological polar surface area (TPSA) is 58.6 Å². The van der Waals surface area contributed by atoms with E-state index in [2.05, 4.69) is 35.3 Å². The Morgan fingerprint density at radius 1 is 1.07 bits per heavy atom. The quantitative estimate of drug-likeness (QED) is 0.668. The molecule has 0 saturated carbocycles. The summed E-state index contributed by atoms with van der Waals surface area (Å²) in [6.45, 7) is 4.95. The molecular formula is C25H32N2O3. The van der Waals surface area contributed by atoms with Gasteiger partial charge in [0, 0.05) is 25.6 Å². The van der Waals surface area contributed by atoms with Gasteiger partial charge in [0.1, 0.15) is 0 Å². The van der Waals surface area contributed by atoms with E-state index in [0.717, 1.165) is 18.7 Å². The van der Waals surface area contributed by atoms with Crippen LogP contribution in [0.1, 0.15) is 59.7 Å². The summed E-state index contributed by atoms with van der Waals surface area (Å²) in [6, 6.07) is 16.2. The molecule has 1 saturated heterocycles. The minimum Gasteiger partial charge on any atom is -0.465 e. The minimum absolute atomic E-state index is 0.0354. The third-order valence-corrected chi connectivity index (χ3v) is 5.92. The second-order valence-electron chi connectivity index (χ2n) is 8.05. The molecule has 0 bridgehead atoms. The molecule has 0 aromatic heterocycles. The molecular weight excluding hydrogens is 376 g/mol. The fourth-order valence-corrected chi connectivity index (χ4v) is 3.96. The Morgan fingerprint density at radius 2 is 1.80 bits per heavy atom. The fourth-order valence-electron chi connectivity index (χ4n) is 3.96. The number of rotatable bonds is 8. The maximum atomic E-state index is 12.4. The average Bonchev–Trinajstić information content (AvgIpc) is 2.78. The molecule has 2 aromatic rings. The molecule has 160 valence electrons. The number of likely N-dealkylation sites (tertiary alicyclic amines) is 1. The van der Waals surface area contributed by atoms with Gasteiger partial charge < -0.3 is 10.1 Å². The van der Waals surface area contributed by atoms with Gasteiger partial charge in [0.05, 0.1) is 12.7 Å². The summed E-state index contributed by atoms with van der Waals surface area (Å²) in [7, 11) is 1.37. The summed E-state index contributed by atoms with van der Waals surface area (Å²) in [5.41, 5.74) is 4.03. The van der Waals surface area contributed by atoms with Crippen LogP contribution in [0, 0.1) is 0 Å². The number of ether oxygens (including phenoxy) is 1. The van der Waals surface area contributed by atoms with Crippen LogP contribution in [0.25, 0.3) is 0 Å². The zero-order valence-electron chi connectivity index (χ0n) is 18.0. The summed E-state index contributed by atoms with van der Waals surface area (Å²) < 4.78 is 4.71. The van der Waals surface area contributed by atoms with Crippen LogP contribution in [0.4, 0.5) is 0 Å². The number of esters is 1. The highest BCUT2D eigenvalue weighted by Crippen LogP contribution is 2.21. The number of carbonyl (C=O) groups is 2. The lowest BCUT2D eigenvalue weighted by atomic mass is 10.0. The lowest BCUT2D eigenvalue weighted by Gasteiger charge is -2.33. The summed E-state index contributed by atoms with van der Waals surface area (Å²) in [6.07, 6.45) is 4.91. The number of amides is 1. The smallest absolute Gasteiger partial charge is 0.337 e. The normalized spacial score (nSPS) is 16.8. The number of benzene rings is 2. The Balaban J connectivity index is 1.49. The number of carbonyl (C=O) groups excluding carboxylic acids is 2. The first-order valence-corrected chi connectivity index (χ1v) is 10.8.